The lowest BCUT2D eigenvalue weighted by atomic mass is 9.97. The summed E-state index contributed by atoms with van der Waals surface area (Å²) in [7, 11) is 1.72. The summed E-state index contributed by atoms with van der Waals surface area (Å²) in [6.45, 7) is 1.64. The van der Waals surface area contributed by atoms with Crippen LogP contribution < -0.4 is 27.2 Å². The molecule has 0 spiro atoms. The summed E-state index contributed by atoms with van der Waals surface area (Å²) in [5.74, 6) is 6.07. The number of aromatic nitrogens is 1. The van der Waals surface area contributed by atoms with E-state index in [1.54, 1.807) is 13.1 Å². The van der Waals surface area contributed by atoms with Gasteiger partial charge in [-0.1, -0.05) is 12.1 Å². The standard InChI is InChI=1S/C24H26FN7/c1-31(29)22-6-4-15(13-21(22)28)19-5-7-23(32-10-8-18(27)9-11-32)30-24(19)16-2-3-17(14-26)20(25)12-16/h2-7,12-13,18H,8-11,27-29H2,1H3. The molecular weight excluding hydrogens is 405 g/mol. The van der Waals surface area contributed by atoms with E-state index in [2.05, 4.69) is 4.90 Å². The summed E-state index contributed by atoms with van der Waals surface area (Å²) >= 11 is 0. The Balaban J connectivity index is 1.83. The van der Waals surface area contributed by atoms with E-state index in [4.69, 9.17) is 27.6 Å². The predicted octanol–water partition coefficient (Wildman–Crippen LogP) is 3.25. The first-order valence-corrected chi connectivity index (χ1v) is 10.5. The third kappa shape index (κ3) is 4.21. The Hall–Kier alpha value is -3.67. The van der Waals surface area contributed by atoms with Crippen LogP contribution in [0.2, 0.25) is 0 Å². The third-order valence-corrected chi connectivity index (χ3v) is 5.83. The van der Waals surface area contributed by atoms with Crippen molar-refractivity contribution in [2.75, 3.05) is 35.8 Å². The van der Waals surface area contributed by atoms with Crippen LogP contribution in [-0.4, -0.2) is 31.2 Å². The topological polar surface area (TPSA) is 121 Å². The number of anilines is 3. The highest BCUT2D eigenvalue weighted by atomic mass is 19.1. The molecular formula is C24H26FN7. The Labute approximate surface area is 186 Å². The zero-order valence-corrected chi connectivity index (χ0v) is 17.9. The van der Waals surface area contributed by atoms with Crippen molar-refractivity contribution >= 4 is 17.2 Å². The Morgan fingerprint density at radius 1 is 1.09 bits per heavy atom. The molecule has 1 aliphatic rings. The van der Waals surface area contributed by atoms with Crippen LogP contribution in [0, 0.1) is 17.1 Å². The minimum absolute atomic E-state index is 0.00365. The fourth-order valence-corrected chi connectivity index (χ4v) is 4.00. The molecule has 0 aliphatic carbocycles. The fraction of sp³-hybridized carbons (Fsp3) is 0.250. The molecule has 32 heavy (non-hydrogen) atoms. The van der Waals surface area contributed by atoms with Crippen LogP contribution in [0.5, 0.6) is 0 Å². The number of piperidine rings is 1. The van der Waals surface area contributed by atoms with E-state index >= 15 is 0 Å². The van der Waals surface area contributed by atoms with Crippen molar-refractivity contribution in [1.82, 2.24) is 4.98 Å². The van der Waals surface area contributed by atoms with Crippen molar-refractivity contribution in [2.24, 2.45) is 11.6 Å². The van der Waals surface area contributed by atoms with Gasteiger partial charge in [-0.25, -0.2) is 15.2 Å². The SMILES string of the molecule is CN(N)c1ccc(-c2ccc(N3CCC(N)CC3)nc2-c2ccc(C#N)c(F)c2)cc1N. The first kappa shape index (κ1) is 21.6. The van der Waals surface area contributed by atoms with Gasteiger partial charge >= 0.3 is 0 Å². The summed E-state index contributed by atoms with van der Waals surface area (Å²) in [5, 5.41) is 10.6. The number of nitrogens with zero attached hydrogens (tertiary/aromatic N) is 4. The third-order valence-electron chi connectivity index (χ3n) is 5.83. The molecule has 0 bridgehead atoms. The largest absolute Gasteiger partial charge is 0.397 e. The molecule has 2 aromatic carbocycles. The summed E-state index contributed by atoms with van der Waals surface area (Å²) in [5.41, 5.74) is 16.3. The van der Waals surface area contributed by atoms with Gasteiger partial charge in [-0.15, -0.1) is 0 Å². The van der Waals surface area contributed by atoms with Gasteiger partial charge in [0.2, 0.25) is 0 Å². The van der Waals surface area contributed by atoms with Crippen LogP contribution >= 0.6 is 0 Å². The maximum absolute atomic E-state index is 14.5. The summed E-state index contributed by atoms with van der Waals surface area (Å²) in [6, 6.07) is 16.1. The number of nitrogens with two attached hydrogens (primary N) is 3. The number of nitrogen functional groups attached to an aromatic ring is 1. The molecule has 0 saturated carbocycles. The number of hydrazine groups is 1. The van der Waals surface area contributed by atoms with Crippen molar-refractivity contribution in [3.8, 4) is 28.5 Å². The Morgan fingerprint density at radius 2 is 1.81 bits per heavy atom. The number of hydrogen-bond donors (Lipinski definition) is 3. The lowest BCUT2D eigenvalue weighted by Crippen LogP contribution is -2.40. The van der Waals surface area contributed by atoms with Gasteiger partial charge in [0.25, 0.3) is 0 Å². The van der Waals surface area contributed by atoms with Gasteiger partial charge in [-0.05, 0) is 54.8 Å². The Morgan fingerprint density at radius 3 is 2.44 bits per heavy atom. The zero-order chi connectivity index (χ0) is 22.8. The molecule has 7 nitrogen and oxygen atoms in total. The van der Waals surface area contributed by atoms with Crippen molar-refractivity contribution < 1.29 is 4.39 Å². The van der Waals surface area contributed by atoms with Gasteiger partial charge in [0.1, 0.15) is 17.7 Å². The van der Waals surface area contributed by atoms with Gasteiger partial charge in [0.15, 0.2) is 0 Å². The van der Waals surface area contributed by atoms with Gasteiger partial charge in [-0.2, -0.15) is 5.26 Å². The minimum atomic E-state index is -0.577. The molecule has 0 amide bonds. The maximum Gasteiger partial charge on any atom is 0.141 e. The van der Waals surface area contributed by atoms with Crippen LogP contribution in [0.15, 0.2) is 48.5 Å². The van der Waals surface area contributed by atoms with E-state index in [1.807, 2.05) is 36.4 Å². The highest BCUT2D eigenvalue weighted by Gasteiger charge is 2.20. The quantitative estimate of drug-likeness (QED) is 0.329. The predicted molar refractivity (Wildman–Crippen MR) is 126 cm³/mol. The minimum Gasteiger partial charge on any atom is -0.397 e. The molecule has 164 valence electrons. The van der Waals surface area contributed by atoms with Crippen LogP contribution in [0.4, 0.5) is 21.6 Å². The van der Waals surface area contributed by atoms with E-state index in [1.165, 1.54) is 17.1 Å². The van der Waals surface area contributed by atoms with E-state index in [0.29, 0.717) is 22.6 Å². The molecule has 0 radical (unpaired) electrons. The average Bonchev–Trinajstić information content (AvgIpc) is 2.79. The van der Waals surface area contributed by atoms with E-state index in [0.717, 1.165) is 42.9 Å². The molecule has 0 unspecified atom stereocenters. The first-order chi connectivity index (χ1) is 15.4. The van der Waals surface area contributed by atoms with Crippen LogP contribution in [-0.2, 0) is 0 Å². The lowest BCUT2D eigenvalue weighted by molar-refractivity contribution is 0.499. The summed E-state index contributed by atoms with van der Waals surface area (Å²) in [4.78, 5) is 7.10. The molecule has 2 heterocycles. The Bertz CT molecular complexity index is 1180. The molecule has 1 saturated heterocycles. The van der Waals surface area contributed by atoms with Crippen molar-refractivity contribution in [1.29, 1.82) is 5.26 Å². The molecule has 0 atom stereocenters. The molecule has 6 N–H and O–H groups in total. The fourth-order valence-electron chi connectivity index (χ4n) is 4.00. The molecule has 1 aromatic heterocycles. The van der Waals surface area contributed by atoms with Crippen LogP contribution in [0.3, 0.4) is 0 Å². The smallest absolute Gasteiger partial charge is 0.141 e. The second-order valence-electron chi connectivity index (χ2n) is 8.08. The highest BCUT2D eigenvalue weighted by Crippen LogP contribution is 2.36. The molecule has 3 aromatic rings. The zero-order valence-electron chi connectivity index (χ0n) is 17.9. The van der Waals surface area contributed by atoms with Gasteiger partial charge in [0.05, 0.1) is 22.6 Å². The van der Waals surface area contributed by atoms with Crippen molar-refractivity contribution in [3.63, 3.8) is 0 Å². The number of halogens is 1. The number of rotatable bonds is 4. The van der Waals surface area contributed by atoms with Gasteiger partial charge in [-0.3, -0.25) is 0 Å². The lowest BCUT2D eigenvalue weighted by Gasteiger charge is -2.31. The number of pyridine rings is 1. The van der Waals surface area contributed by atoms with Crippen LogP contribution in [0.25, 0.3) is 22.4 Å². The van der Waals surface area contributed by atoms with Crippen molar-refractivity contribution in [2.45, 2.75) is 18.9 Å². The number of hydrogen-bond acceptors (Lipinski definition) is 7. The molecule has 1 fully saturated rings. The maximum atomic E-state index is 14.5. The molecule has 1 aliphatic heterocycles. The molecule has 8 heteroatoms. The van der Waals surface area contributed by atoms with Crippen LogP contribution in [0.1, 0.15) is 18.4 Å². The molecule has 4 rings (SSSR count). The number of benzene rings is 2. The van der Waals surface area contributed by atoms with Gasteiger partial charge < -0.3 is 21.4 Å². The second kappa shape index (κ2) is 8.83. The van der Waals surface area contributed by atoms with Crippen molar-refractivity contribution in [3.05, 3.63) is 59.9 Å². The Kier molecular flexibility index (Phi) is 5.95. The number of nitriles is 1. The van der Waals surface area contributed by atoms with E-state index < -0.39 is 5.82 Å². The normalized spacial score (nSPS) is 14.3. The second-order valence-corrected chi connectivity index (χ2v) is 8.08. The monoisotopic (exact) mass is 431 g/mol. The first-order valence-electron chi connectivity index (χ1n) is 10.5. The van der Waals surface area contributed by atoms with E-state index in [-0.39, 0.29) is 11.6 Å². The average molecular weight is 432 g/mol. The summed E-state index contributed by atoms with van der Waals surface area (Å²) < 4.78 is 14.5. The van der Waals surface area contributed by atoms with E-state index in [9.17, 15) is 4.39 Å². The highest BCUT2D eigenvalue weighted by molar-refractivity contribution is 5.85. The van der Waals surface area contributed by atoms with Gasteiger partial charge in [0, 0.05) is 37.3 Å². The summed E-state index contributed by atoms with van der Waals surface area (Å²) in [6.07, 6.45) is 1.80.